The fraction of sp³-hybridized carbons (Fsp3) is 0.923. The van der Waals surface area contributed by atoms with Crippen molar-refractivity contribution in [2.45, 2.75) is 44.2 Å². The maximum Gasteiger partial charge on any atom is 0.221 e. The van der Waals surface area contributed by atoms with E-state index in [1.54, 1.807) is 0 Å². The molecule has 2 fully saturated rings. The fourth-order valence-electron chi connectivity index (χ4n) is 2.72. The summed E-state index contributed by atoms with van der Waals surface area (Å²) in [6.07, 6.45) is 4.38. The number of nitrogens with one attached hydrogen (secondary N) is 2. The molecule has 0 bridgehead atoms. The Morgan fingerprint density at radius 3 is 2.84 bits per heavy atom. The number of carbonyl (C=O) groups excluding carboxylic acids is 1. The Morgan fingerprint density at radius 1 is 1.37 bits per heavy atom. The van der Waals surface area contributed by atoms with Crippen LogP contribution in [0, 0.1) is 5.92 Å². The Labute approximate surface area is 120 Å². The highest BCUT2D eigenvalue weighted by atomic mass is 35.5. The van der Waals surface area contributed by atoms with E-state index in [2.05, 4.69) is 10.6 Å². The molecule has 1 amide bonds. The summed E-state index contributed by atoms with van der Waals surface area (Å²) in [4.78, 5) is 11.8. The lowest BCUT2D eigenvalue weighted by atomic mass is 9.86. The van der Waals surface area contributed by atoms with E-state index in [-0.39, 0.29) is 36.4 Å². The van der Waals surface area contributed by atoms with Crippen molar-refractivity contribution in [3.05, 3.63) is 0 Å². The third-order valence-electron chi connectivity index (χ3n) is 3.86. The molecule has 0 aromatic carbocycles. The molecule has 0 aromatic heterocycles. The number of morpholine rings is 1. The highest BCUT2D eigenvalue weighted by molar-refractivity contribution is 5.85. The van der Waals surface area contributed by atoms with Crippen LogP contribution in [0.25, 0.3) is 0 Å². The summed E-state index contributed by atoms with van der Waals surface area (Å²) in [5, 5.41) is 16.0. The molecule has 1 aliphatic heterocycles. The number of carbonyl (C=O) groups is 1. The summed E-state index contributed by atoms with van der Waals surface area (Å²) in [7, 11) is 0. The molecule has 3 N–H and O–H groups in total. The van der Waals surface area contributed by atoms with Crippen LogP contribution in [0.1, 0.15) is 32.1 Å². The van der Waals surface area contributed by atoms with E-state index in [9.17, 15) is 9.90 Å². The van der Waals surface area contributed by atoms with Gasteiger partial charge in [0.25, 0.3) is 0 Å². The first-order valence-electron chi connectivity index (χ1n) is 7.01. The fourth-order valence-corrected chi connectivity index (χ4v) is 2.72. The maximum absolute atomic E-state index is 11.8. The van der Waals surface area contributed by atoms with Crippen LogP contribution in [0.2, 0.25) is 0 Å². The Kier molecular flexibility index (Phi) is 7.68. The van der Waals surface area contributed by atoms with E-state index in [0.717, 1.165) is 38.8 Å². The molecule has 1 heterocycles. The molecule has 3 atom stereocenters. The second-order valence-electron chi connectivity index (χ2n) is 5.35. The van der Waals surface area contributed by atoms with E-state index in [0.29, 0.717) is 19.6 Å². The smallest absolute Gasteiger partial charge is 0.221 e. The van der Waals surface area contributed by atoms with E-state index >= 15 is 0 Å². The molecule has 112 valence electrons. The highest BCUT2D eigenvalue weighted by Gasteiger charge is 2.24. The summed E-state index contributed by atoms with van der Waals surface area (Å²) >= 11 is 0. The number of amides is 1. The zero-order valence-electron chi connectivity index (χ0n) is 11.3. The van der Waals surface area contributed by atoms with Crippen LogP contribution in [-0.2, 0) is 9.53 Å². The standard InChI is InChI=1S/C13H24N2O3.ClH/c16-12-4-2-1-3-10(12)8-15-13(17)7-11-9-18-6-5-14-11;/h10-12,14,16H,1-9H2,(H,15,17);1H. The molecule has 0 spiro atoms. The molecule has 2 aliphatic rings. The number of aliphatic hydroxyl groups excluding tert-OH is 1. The van der Waals surface area contributed by atoms with Gasteiger partial charge in [-0.05, 0) is 12.8 Å². The first kappa shape index (κ1) is 16.7. The van der Waals surface area contributed by atoms with Crippen molar-refractivity contribution < 1.29 is 14.6 Å². The van der Waals surface area contributed by atoms with E-state index < -0.39 is 0 Å². The van der Waals surface area contributed by atoms with Gasteiger partial charge in [-0.25, -0.2) is 0 Å². The number of hydrogen-bond acceptors (Lipinski definition) is 4. The van der Waals surface area contributed by atoms with Crippen LogP contribution in [-0.4, -0.2) is 49.5 Å². The largest absolute Gasteiger partial charge is 0.393 e. The number of aliphatic hydroxyl groups is 1. The normalized spacial score (nSPS) is 31.3. The Balaban J connectivity index is 0.00000180. The summed E-state index contributed by atoms with van der Waals surface area (Å²) in [5.41, 5.74) is 0. The Bertz CT molecular complexity index is 273. The van der Waals surface area contributed by atoms with Gasteiger partial charge in [0.05, 0.1) is 19.3 Å². The van der Waals surface area contributed by atoms with Crippen molar-refractivity contribution in [2.24, 2.45) is 5.92 Å². The van der Waals surface area contributed by atoms with Crippen molar-refractivity contribution in [1.82, 2.24) is 10.6 Å². The zero-order chi connectivity index (χ0) is 12.8. The number of ether oxygens (including phenoxy) is 1. The van der Waals surface area contributed by atoms with E-state index in [1.165, 1.54) is 0 Å². The van der Waals surface area contributed by atoms with Crippen molar-refractivity contribution >= 4 is 18.3 Å². The number of rotatable bonds is 4. The summed E-state index contributed by atoms with van der Waals surface area (Å²) in [6.45, 7) is 2.76. The summed E-state index contributed by atoms with van der Waals surface area (Å²) < 4.78 is 5.31. The van der Waals surface area contributed by atoms with Gasteiger partial charge >= 0.3 is 0 Å². The quantitative estimate of drug-likeness (QED) is 0.704. The van der Waals surface area contributed by atoms with Crippen molar-refractivity contribution in [3.63, 3.8) is 0 Å². The van der Waals surface area contributed by atoms with Gasteiger partial charge in [0.2, 0.25) is 5.91 Å². The number of hydrogen-bond donors (Lipinski definition) is 3. The monoisotopic (exact) mass is 292 g/mol. The highest BCUT2D eigenvalue weighted by Crippen LogP contribution is 2.23. The van der Waals surface area contributed by atoms with Gasteiger partial charge in [-0.1, -0.05) is 12.8 Å². The summed E-state index contributed by atoms with van der Waals surface area (Å²) in [6, 6.07) is 0.134. The van der Waals surface area contributed by atoms with Gasteiger partial charge in [-0.15, -0.1) is 12.4 Å². The Morgan fingerprint density at radius 2 is 2.16 bits per heavy atom. The van der Waals surface area contributed by atoms with Crippen LogP contribution in [0.4, 0.5) is 0 Å². The first-order chi connectivity index (χ1) is 8.75. The molecule has 5 nitrogen and oxygen atoms in total. The molecule has 1 saturated heterocycles. The molecular weight excluding hydrogens is 268 g/mol. The first-order valence-corrected chi connectivity index (χ1v) is 7.01. The Hall–Kier alpha value is -0.360. The lowest BCUT2D eigenvalue weighted by molar-refractivity contribution is -0.122. The molecule has 0 radical (unpaired) electrons. The van der Waals surface area contributed by atoms with Crippen molar-refractivity contribution in [2.75, 3.05) is 26.3 Å². The minimum Gasteiger partial charge on any atom is -0.393 e. The lowest BCUT2D eigenvalue weighted by Gasteiger charge is -2.28. The van der Waals surface area contributed by atoms with Crippen LogP contribution < -0.4 is 10.6 Å². The minimum absolute atomic E-state index is 0. The number of halogens is 1. The van der Waals surface area contributed by atoms with Crippen molar-refractivity contribution in [1.29, 1.82) is 0 Å². The molecule has 1 saturated carbocycles. The predicted octanol–water partition coefficient (Wildman–Crippen LogP) is 0.454. The van der Waals surface area contributed by atoms with Crippen LogP contribution >= 0.6 is 12.4 Å². The average molecular weight is 293 g/mol. The second-order valence-corrected chi connectivity index (χ2v) is 5.35. The molecule has 1 aliphatic carbocycles. The molecule has 0 aromatic rings. The molecule has 3 unspecified atom stereocenters. The molecular formula is C13H25ClN2O3. The zero-order valence-corrected chi connectivity index (χ0v) is 12.1. The molecule has 2 rings (SSSR count). The minimum atomic E-state index is -0.241. The predicted molar refractivity (Wildman–Crippen MR) is 75.4 cm³/mol. The summed E-state index contributed by atoms with van der Waals surface area (Å²) in [5.74, 6) is 0.286. The molecule has 19 heavy (non-hydrogen) atoms. The van der Waals surface area contributed by atoms with E-state index in [1.807, 2.05) is 0 Å². The third kappa shape index (κ3) is 5.65. The van der Waals surface area contributed by atoms with Crippen LogP contribution in [0.3, 0.4) is 0 Å². The van der Waals surface area contributed by atoms with Gasteiger partial charge < -0.3 is 20.5 Å². The van der Waals surface area contributed by atoms with Gasteiger partial charge in [-0.2, -0.15) is 0 Å². The maximum atomic E-state index is 11.8. The van der Waals surface area contributed by atoms with Crippen LogP contribution in [0.15, 0.2) is 0 Å². The topological polar surface area (TPSA) is 70.6 Å². The molecule has 6 heteroatoms. The van der Waals surface area contributed by atoms with Gasteiger partial charge in [0.15, 0.2) is 0 Å². The van der Waals surface area contributed by atoms with Gasteiger partial charge in [0.1, 0.15) is 0 Å². The second kappa shape index (κ2) is 8.74. The van der Waals surface area contributed by atoms with Gasteiger partial charge in [-0.3, -0.25) is 4.79 Å². The average Bonchev–Trinajstić information content (AvgIpc) is 2.39. The lowest BCUT2D eigenvalue weighted by Crippen LogP contribution is -2.45. The van der Waals surface area contributed by atoms with Crippen LogP contribution in [0.5, 0.6) is 0 Å². The SMILES string of the molecule is Cl.O=C(CC1COCCN1)NCC1CCCCC1O. The van der Waals surface area contributed by atoms with E-state index in [4.69, 9.17) is 4.74 Å². The van der Waals surface area contributed by atoms with Crippen molar-refractivity contribution in [3.8, 4) is 0 Å². The third-order valence-corrected chi connectivity index (χ3v) is 3.86. The van der Waals surface area contributed by atoms with Gasteiger partial charge in [0, 0.05) is 31.5 Å².